The number of amides is 1. The van der Waals surface area contributed by atoms with Crippen LogP contribution in [0.15, 0.2) is 0 Å². The molecule has 2 N–H and O–H groups in total. The molecule has 3 rings (SSSR count). The maximum atomic E-state index is 12.4. The van der Waals surface area contributed by atoms with E-state index in [9.17, 15) is 4.79 Å². The van der Waals surface area contributed by atoms with Crippen LogP contribution in [-0.2, 0) is 4.79 Å². The van der Waals surface area contributed by atoms with Gasteiger partial charge in [0.2, 0.25) is 5.91 Å². The SMILES string of the molecule is NC1CCCC2CN(C(=O)C3CCSC3)CC12. The number of thioether (sulfide) groups is 1. The normalized spacial score (nSPS) is 41.6. The van der Waals surface area contributed by atoms with Gasteiger partial charge in [-0.05, 0) is 36.9 Å². The summed E-state index contributed by atoms with van der Waals surface area (Å²) >= 11 is 1.92. The third kappa shape index (κ3) is 2.22. The average Bonchev–Trinajstić information content (AvgIpc) is 2.98. The van der Waals surface area contributed by atoms with E-state index in [-0.39, 0.29) is 0 Å². The van der Waals surface area contributed by atoms with Crippen molar-refractivity contribution < 1.29 is 4.79 Å². The maximum absolute atomic E-state index is 12.4. The van der Waals surface area contributed by atoms with Gasteiger partial charge in [-0.3, -0.25) is 4.79 Å². The minimum Gasteiger partial charge on any atom is -0.342 e. The standard InChI is InChI=1S/C13H22N2OS/c14-12-3-1-2-9-6-15(7-11(9)12)13(16)10-4-5-17-8-10/h9-12H,1-8,14H2. The zero-order chi connectivity index (χ0) is 11.8. The molecule has 3 aliphatic rings. The van der Waals surface area contributed by atoms with Gasteiger partial charge in [-0.25, -0.2) is 0 Å². The minimum absolute atomic E-state index is 0.302. The Kier molecular flexibility index (Phi) is 3.35. The topological polar surface area (TPSA) is 46.3 Å². The van der Waals surface area contributed by atoms with Crippen molar-refractivity contribution in [3.05, 3.63) is 0 Å². The fourth-order valence-electron chi connectivity index (χ4n) is 3.68. The van der Waals surface area contributed by atoms with E-state index < -0.39 is 0 Å². The molecule has 0 aromatic carbocycles. The van der Waals surface area contributed by atoms with Crippen LogP contribution in [0.5, 0.6) is 0 Å². The van der Waals surface area contributed by atoms with Gasteiger partial charge in [0.15, 0.2) is 0 Å². The second-order valence-corrected chi connectivity index (χ2v) is 6.97. The number of nitrogens with zero attached hydrogens (tertiary/aromatic N) is 1. The molecule has 0 bridgehead atoms. The number of nitrogens with two attached hydrogens (primary N) is 1. The number of carbonyl (C=O) groups is 1. The molecular formula is C13H22N2OS. The van der Waals surface area contributed by atoms with Crippen molar-refractivity contribution in [1.29, 1.82) is 0 Å². The molecule has 1 aliphatic carbocycles. The third-order valence-corrected chi connectivity index (χ3v) is 5.91. The summed E-state index contributed by atoms with van der Waals surface area (Å²) in [5, 5.41) is 0. The Balaban J connectivity index is 1.64. The molecule has 0 aromatic heterocycles. The molecule has 96 valence electrons. The van der Waals surface area contributed by atoms with E-state index >= 15 is 0 Å². The second kappa shape index (κ2) is 4.81. The number of carbonyl (C=O) groups excluding carboxylic acids is 1. The Morgan fingerprint density at radius 1 is 1.24 bits per heavy atom. The van der Waals surface area contributed by atoms with E-state index in [1.807, 2.05) is 11.8 Å². The lowest BCUT2D eigenvalue weighted by Crippen LogP contribution is -2.39. The van der Waals surface area contributed by atoms with Crippen LogP contribution in [0.3, 0.4) is 0 Å². The molecule has 3 fully saturated rings. The zero-order valence-electron chi connectivity index (χ0n) is 10.3. The molecule has 0 aromatic rings. The summed E-state index contributed by atoms with van der Waals surface area (Å²) in [4.78, 5) is 14.5. The highest BCUT2D eigenvalue weighted by Gasteiger charge is 2.41. The van der Waals surface area contributed by atoms with Crippen LogP contribution in [-0.4, -0.2) is 41.4 Å². The van der Waals surface area contributed by atoms with Crippen LogP contribution in [0.25, 0.3) is 0 Å². The van der Waals surface area contributed by atoms with Crippen molar-refractivity contribution in [2.75, 3.05) is 24.6 Å². The molecule has 2 heterocycles. The molecule has 2 saturated heterocycles. The summed E-state index contributed by atoms with van der Waals surface area (Å²) in [7, 11) is 0. The second-order valence-electron chi connectivity index (χ2n) is 5.82. The van der Waals surface area contributed by atoms with Gasteiger partial charge < -0.3 is 10.6 Å². The first-order valence-corrected chi connectivity index (χ1v) is 8.03. The molecule has 1 amide bonds. The lowest BCUT2D eigenvalue weighted by atomic mass is 9.78. The fourth-order valence-corrected chi connectivity index (χ4v) is 4.90. The summed E-state index contributed by atoms with van der Waals surface area (Å²) in [5.41, 5.74) is 6.19. The molecule has 0 spiro atoms. The van der Waals surface area contributed by atoms with Crippen LogP contribution < -0.4 is 5.73 Å². The molecule has 2 aliphatic heterocycles. The van der Waals surface area contributed by atoms with Gasteiger partial charge in [0.1, 0.15) is 0 Å². The van der Waals surface area contributed by atoms with Crippen LogP contribution in [0.1, 0.15) is 25.7 Å². The number of fused-ring (bicyclic) bond motifs is 1. The predicted octanol–water partition coefficient (Wildman–Crippen LogP) is 1.33. The smallest absolute Gasteiger partial charge is 0.226 e. The van der Waals surface area contributed by atoms with Crippen molar-refractivity contribution in [1.82, 2.24) is 4.90 Å². The Labute approximate surface area is 107 Å². The predicted molar refractivity (Wildman–Crippen MR) is 70.8 cm³/mol. The van der Waals surface area contributed by atoms with Crippen molar-refractivity contribution >= 4 is 17.7 Å². The molecule has 1 saturated carbocycles. The van der Waals surface area contributed by atoms with E-state index in [4.69, 9.17) is 5.73 Å². The Bertz CT molecular complexity index is 304. The lowest BCUT2D eigenvalue weighted by Gasteiger charge is -2.29. The Hall–Kier alpha value is -0.220. The van der Waals surface area contributed by atoms with Crippen LogP contribution >= 0.6 is 11.8 Å². The fraction of sp³-hybridized carbons (Fsp3) is 0.923. The van der Waals surface area contributed by atoms with Crippen molar-refractivity contribution in [3.8, 4) is 0 Å². The molecule has 4 unspecified atom stereocenters. The van der Waals surface area contributed by atoms with E-state index in [0.29, 0.717) is 29.7 Å². The highest BCUT2D eigenvalue weighted by atomic mass is 32.2. The van der Waals surface area contributed by atoms with Crippen molar-refractivity contribution in [3.63, 3.8) is 0 Å². The van der Waals surface area contributed by atoms with E-state index in [1.54, 1.807) is 0 Å². The van der Waals surface area contributed by atoms with Gasteiger partial charge in [0.05, 0.1) is 0 Å². The number of hydrogen-bond donors (Lipinski definition) is 1. The van der Waals surface area contributed by atoms with Gasteiger partial charge in [-0.1, -0.05) is 6.42 Å². The van der Waals surface area contributed by atoms with Crippen LogP contribution in [0.2, 0.25) is 0 Å². The first-order chi connectivity index (χ1) is 8.25. The summed E-state index contributed by atoms with van der Waals surface area (Å²) in [6.07, 6.45) is 4.77. The van der Waals surface area contributed by atoms with Crippen molar-refractivity contribution in [2.45, 2.75) is 31.7 Å². The molecule has 3 nitrogen and oxygen atoms in total. The van der Waals surface area contributed by atoms with Gasteiger partial charge in [-0.2, -0.15) is 11.8 Å². The highest BCUT2D eigenvalue weighted by Crippen LogP contribution is 2.37. The van der Waals surface area contributed by atoms with Gasteiger partial charge in [-0.15, -0.1) is 0 Å². The quantitative estimate of drug-likeness (QED) is 0.768. The molecule has 17 heavy (non-hydrogen) atoms. The summed E-state index contributed by atoms with van der Waals surface area (Å²) in [6, 6.07) is 0.338. The molecule has 4 heteroatoms. The number of hydrogen-bond acceptors (Lipinski definition) is 3. The Morgan fingerprint density at radius 2 is 2.12 bits per heavy atom. The van der Waals surface area contributed by atoms with Crippen LogP contribution in [0.4, 0.5) is 0 Å². The molecule has 0 radical (unpaired) electrons. The molecular weight excluding hydrogens is 232 g/mol. The zero-order valence-corrected chi connectivity index (χ0v) is 11.1. The largest absolute Gasteiger partial charge is 0.342 e. The first kappa shape index (κ1) is 11.8. The van der Waals surface area contributed by atoms with Crippen LogP contribution in [0, 0.1) is 17.8 Å². The van der Waals surface area contributed by atoms with Gasteiger partial charge in [0.25, 0.3) is 0 Å². The number of likely N-dealkylation sites (tertiary alicyclic amines) is 1. The summed E-state index contributed by atoms with van der Waals surface area (Å²) < 4.78 is 0. The maximum Gasteiger partial charge on any atom is 0.226 e. The van der Waals surface area contributed by atoms with Gasteiger partial charge in [0, 0.05) is 30.8 Å². The van der Waals surface area contributed by atoms with E-state index in [1.165, 1.54) is 12.8 Å². The monoisotopic (exact) mass is 254 g/mol. The first-order valence-electron chi connectivity index (χ1n) is 6.88. The van der Waals surface area contributed by atoms with E-state index in [0.717, 1.165) is 37.4 Å². The number of rotatable bonds is 1. The summed E-state index contributed by atoms with van der Waals surface area (Å²) in [6.45, 7) is 1.92. The molecule has 4 atom stereocenters. The summed E-state index contributed by atoms with van der Waals surface area (Å²) in [5.74, 6) is 4.19. The van der Waals surface area contributed by atoms with Gasteiger partial charge >= 0.3 is 0 Å². The Morgan fingerprint density at radius 3 is 2.82 bits per heavy atom. The minimum atomic E-state index is 0.302. The van der Waals surface area contributed by atoms with E-state index in [2.05, 4.69) is 4.90 Å². The highest BCUT2D eigenvalue weighted by molar-refractivity contribution is 7.99. The third-order valence-electron chi connectivity index (χ3n) is 4.74. The lowest BCUT2D eigenvalue weighted by molar-refractivity contribution is -0.133. The van der Waals surface area contributed by atoms with Crippen molar-refractivity contribution in [2.24, 2.45) is 23.5 Å². The average molecular weight is 254 g/mol.